The van der Waals surface area contributed by atoms with Crippen LogP contribution in [0.2, 0.25) is 0 Å². The van der Waals surface area contributed by atoms with E-state index in [1.807, 2.05) is 30.3 Å². The Labute approximate surface area is 116 Å². The van der Waals surface area contributed by atoms with Crippen molar-refractivity contribution in [1.29, 1.82) is 0 Å². The van der Waals surface area contributed by atoms with Gasteiger partial charge in [-0.2, -0.15) is 8.42 Å². The van der Waals surface area contributed by atoms with Gasteiger partial charge in [0.25, 0.3) is 10.1 Å². The van der Waals surface area contributed by atoms with Crippen molar-refractivity contribution in [3.63, 3.8) is 0 Å². The van der Waals surface area contributed by atoms with E-state index in [1.165, 1.54) is 6.07 Å². The highest BCUT2D eigenvalue weighted by Gasteiger charge is 2.16. The first-order chi connectivity index (χ1) is 9.55. The number of aromatic nitrogens is 1. The Bertz CT molecular complexity index is 888. The van der Waals surface area contributed by atoms with E-state index in [0.717, 1.165) is 10.9 Å². The summed E-state index contributed by atoms with van der Waals surface area (Å²) in [5.74, 6) is 0. The third-order valence-electron chi connectivity index (χ3n) is 3.04. The zero-order valence-corrected chi connectivity index (χ0v) is 11.2. The Morgan fingerprint density at radius 2 is 1.55 bits per heavy atom. The molecule has 1 heterocycles. The van der Waals surface area contributed by atoms with Gasteiger partial charge in [-0.3, -0.25) is 4.55 Å². The zero-order chi connectivity index (χ0) is 14.2. The Hall–Kier alpha value is -2.24. The van der Waals surface area contributed by atoms with Gasteiger partial charge in [0.05, 0.1) is 11.2 Å². The van der Waals surface area contributed by atoms with E-state index in [0.29, 0.717) is 11.3 Å². The van der Waals surface area contributed by atoms with Gasteiger partial charge in [0, 0.05) is 10.9 Å². The molecule has 3 aromatic rings. The lowest BCUT2D eigenvalue weighted by Gasteiger charge is -2.07. The summed E-state index contributed by atoms with van der Waals surface area (Å²) in [5.41, 5.74) is 1.67. The molecule has 0 aliphatic heterocycles. The highest BCUT2D eigenvalue weighted by atomic mass is 32.2. The molecule has 0 atom stereocenters. The number of hydrogen-bond donors (Lipinski definition) is 1. The molecule has 0 saturated carbocycles. The van der Waals surface area contributed by atoms with E-state index in [2.05, 4.69) is 4.98 Å². The van der Waals surface area contributed by atoms with Crippen LogP contribution in [0.15, 0.2) is 65.6 Å². The van der Waals surface area contributed by atoms with Crippen LogP contribution in [-0.4, -0.2) is 18.0 Å². The van der Waals surface area contributed by atoms with E-state index in [4.69, 9.17) is 0 Å². The van der Waals surface area contributed by atoms with E-state index in [9.17, 15) is 13.0 Å². The maximum absolute atomic E-state index is 11.4. The van der Waals surface area contributed by atoms with Crippen LogP contribution in [-0.2, 0) is 10.1 Å². The van der Waals surface area contributed by atoms with Crippen molar-refractivity contribution >= 4 is 21.0 Å². The molecule has 0 unspecified atom stereocenters. The van der Waals surface area contributed by atoms with Gasteiger partial charge in [-0.1, -0.05) is 42.5 Å². The highest BCUT2D eigenvalue weighted by molar-refractivity contribution is 7.86. The molecule has 1 N–H and O–H groups in total. The van der Waals surface area contributed by atoms with Gasteiger partial charge in [0.2, 0.25) is 0 Å². The number of nitrogens with zero attached hydrogens (tertiary/aromatic N) is 1. The predicted molar refractivity (Wildman–Crippen MR) is 77.0 cm³/mol. The number of pyridine rings is 1. The van der Waals surface area contributed by atoms with Crippen LogP contribution in [0.5, 0.6) is 0 Å². The molecule has 20 heavy (non-hydrogen) atoms. The van der Waals surface area contributed by atoms with Crippen LogP contribution < -0.4 is 0 Å². The lowest BCUT2D eigenvalue weighted by molar-refractivity contribution is 0.483. The maximum Gasteiger partial charge on any atom is 0.295 e. The minimum atomic E-state index is -4.27. The van der Waals surface area contributed by atoms with Crippen LogP contribution in [0.4, 0.5) is 0 Å². The van der Waals surface area contributed by atoms with Gasteiger partial charge in [-0.15, -0.1) is 0 Å². The zero-order valence-electron chi connectivity index (χ0n) is 10.4. The van der Waals surface area contributed by atoms with Gasteiger partial charge in [-0.25, -0.2) is 4.98 Å². The van der Waals surface area contributed by atoms with Crippen LogP contribution in [0.1, 0.15) is 0 Å². The van der Waals surface area contributed by atoms with E-state index < -0.39 is 10.1 Å². The van der Waals surface area contributed by atoms with Crippen LogP contribution in [0.25, 0.3) is 22.2 Å². The highest BCUT2D eigenvalue weighted by Crippen LogP contribution is 2.27. The molecule has 4 nitrogen and oxygen atoms in total. The second-order valence-electron chi connectivity index (χ2n) is 4.36. The Morgan fingerprint density at radius 1 is 0.850 bits per heavy atom. The van der Waals surface area contributed by atoms with Crippen LogP contribution >= 0.6 is 0 Å². The standard InChI is InChI=1S/C15H11NO3S/c17-20(18,19)15-8-4-2-6-12(15)14-10-9-11-5-1-3-7-13(11)16-14/h1-10H,(H,17,18,19). The van der Waals surface area contributed by atoms with Crippen molar-refractivity contribution in [1.82, 2.24) is 4.98 Å². The van der Waals surface area contributed by atoms with Crippen molar-refractivity contribution in [2.75, 3.05) is 0 Å². The minimum absolute atomic E-state index is 0.136. The Balaban J connectivity index is 2.26. The van der Waals surface area contributed by atoms with Gasteiger partial charge >= 0.3 is 0 Å². The summed E-state index contributed by atoms with van der Waals surface area (Å²) >= 11 is 0. The SMILES string of the molecule is O=S(=O)(O)c1ccccc1-c1ccc2ccccc2n1. The fourth-order valence-corrected chi connectivity index (χ4v) is 2.82. The molecule has 0 saturated heterocycles. The lowest BCUT2D eigenvalue weighted by atomic mass is 10.1. The summed E-state index contributed by atoms with van der Waals surface area (Å²) < 4.78 is 32.1. The number of fused-ring (bicyclic) bond motifs is 1. The number of para-hydroxylation sites is 1. The quantitative estimate of drug-likeness (QED) is 0.734. The van der Waals surface area contributed by atoms with Crippen molar-refractivity contribution in [2.24, 2.45) is 0 Å². The third kappa shape index (κ3) is 2.29. The molecule has 1 aromatic heterocycles. The molecule has 3 rings (SSSR count). The average Bonchev–Trinajstić information content (AvgIpc) is 2.46. The topological polar surface area (TPSA) is 67.3 Å². The molecule has 2 aromatic carbocycles. The Kier molecular flexibility index (Phi) is 3.00. The number of benzene rings is 2. The maximum atomic E-state index is 11.4. The average molecular weight is 285 g/mol. The van der Waals surface area contributed by atoms with E-state index in [-0.39, 0.29) is 4.90 Å². The fraction of sp³-hybridized carbons (Fsp3) is 0. The fourth-order valence-electron chi connectivity index (χ4n) is 2.12. The molecule has 5 heteroatoms. The van der Waals surface area contributed by atoms with E-state index in [1.54, 1.807) is 24.3 Å². The molecular formula is C15H11NO3S. The first-order valence-electron chi connectivity index (χ1n) is 5.98. The van der Waals surface area contributed by atoms with Crippen molar-refractivity contribution in [3.05, 3.63) is 60.7 Å². The minimum Gasteiger partial charge on any atom is -0.282 e. The molecule has 0 bridgehead atoms. The molecule has 0 fully saturated rings. The van der Waals surface area contributed by atoms with E-state index >= 15 is 0 Å². The summed E-state index contributed by atoms with van der Waals surface area (Å²) in [6, 6.07) is 17.4. The molecule has 0 spiro atoms. The number of hydrogen-bond acceptors (Lipinski definition) is 3. The molecule has 0 aliphatic carbocycles. The van der Waals surface area contributed by atoms with Gasteiger partial charge in [-0.05, 0) is 18.2 Å². The molecule has 0 amide bonds. The normalized spacial score (nSPS) is 11.7. The second-order valence-corrected chi connectivity index (χ2v) is 5.75. The monoisotopic (exact) mass is 285 g/mol. The molecular weight excluding hydrogens is 274 g/mol. The van der Waals surface area contributed by atoms with Crippen molar-refractivity contribution < 1.29 is 13.0 Å². The smallest absolute Gasteiger partial charge is 0.282 e. The first kappa shape index (κ1) is 12.8. The number of rotatable bonds is 2. The van der Waals surface area contributed by atoms with Crippen molar-refractivity contribution in [3.8, 4) is 11.3 Å². The predicted octanol–water partition coefficient (Wildman–Crippen LogP) is 3.15. The van der Waals surface area contributed by atoms with Gasteiger partial charge < -0.3 is 0 Å². The molecule has 100 valence electrons. The molecule has 0 aliphatic rings. The lowest BCUT2D eigenvalue weighted by Crippen LogP contribution is -2.01. The Morgan fingerprint density at radius 3 is 2.35 bits per heavy atom. The summed E-state index contributed by atoms with van der Waals surface area (Å²) in [6.07, 6.45) is 0. The van der Waals surface area contributed by atoms with Crippen molar-refractivity contribution in [2.45, 2.75) is 4.90 Å². The summed E-state index contributed by atoms with van der Waals surface area (Å²) in [4.78, 5) is 4.31. The largest absolute Gasteiger partial charge is 0.295 e. The molecule has 0 radical (unpaired) electrons. The second kappa shape index (κ2) is 4.70. The van der Waals surface area contributed by atoms with Gasteiger partial charge in [0.15, 0.2) is 0 Å². The van der Waals surface area contributed by atoms with Crippen LogP contribution in [0, 0.1) is 0 Å². The first-order valence-corrected chi connectivity index (χ1v) is 7.42. The summed E-state index contributed by atoms with van der Waals surface area (Å²) in [6.45, 7) is 0. The third-order valence-corrected chi connectivity index (χ3v) is 3.95. The van der Waals surface area contributed by atoms with Crippen LogP contribution in [0.3, 0.4) is 0 Å². The van der Waals surface area contributed by atoms with Gasteiger partial charge in [0.1, 0.15) is 4.90 Å². The summed E-state index contributed by atoms with van der Waals surface area (Å²) in [7, 11) is -4.27. The summed E-state index contributed by atoms with van der Waals surface area (Å²) in [5, 5.41) is 0.973.